The van der Waals surface area contributed by atoms with Gasteiger partial charge in [0, 0.05) is 3.92 Å². The average molecular weight is 224 g/mol. The minimum Gasteiger partial charge on any atom is -0.368 e. The third-order valence-corrected chi connectivity index (χ3v) is 3.28. The van der Waals surface area contributed by atoms with Crippen LogP contribution in [0.1, 0.15) is 19.3 Å². The molecule has 2 rings (SSSR count). The molecule has 3 unspecified atom stereocenters. The van der Waals surface area contributed by atoms with Crippen LogP contribution in [0.2, 0.25) is 0 Å². The molecule has 0 aromatic heterocycles. The summed E-state index contributed by atoms with van der Waals surface area (Å²) in [7, 11) is 0. The van der Waals surface area contributed by atoms with Gasteiger partial charge in [0.05, 0.1) is 12.2 Å². The van der Waals surface area contributed by atoms with Gasteiger partial charge >= 0.3 is 0 Å². The van der Waals surface area contributed by atoms with Crippen LogP contribution in [-0.4, -0.2) is 16.1 Å². The fourth-order valence-electron chi connectivity index (χ4n) is 1.39. The molecule has 1 nitrogen and oxygen atoms in total. The lowest BCUT2D eigenvalue weighted by atomic mass is 10.0. The summed E-state index contributed by atoms with van der Waals surface area (Å²) in [5.74, 6) is 0. The van der Waals surface area contributed by atoms with E-state index in [1.165, 1.54) is 19.3 Å². The number of alkyl halides is 1. The molecule has 1 heterocycles. The Morgan fingerprint density at radius 3 is 2.88 bits per heavy atom. The zero-order valence-electron chi connectivity index (χ0n) is 4.64. The van der Waals surface area contributed by atoms with Crippen molar-refractivity contribution in [2.24, 2.45) is 0 Å². The Labute approximate surface area is 62.9 Å². The number of hydrogen-bond donors (Lipinski definition) is 0. The van der Waals surface area contributed by atoms with Crippen molar-refractivity contribution in [2.75, 3.05) is 0 Å². The van der Waals surface area contributed by atoms with Crippen molar-refractivity contribution >= 4 is 22.6 Å². The van der Waals surface area contributed by atoms with Gasteiger partial charge in [-0.15, -0.1) is 0 Å². The van der Waals surface area contributed by atoms with Gasteiger partial charge in [-0.1, -0.05) is 22.6 Å². The highest BCUT2D eigenvalue weighted by atomic mass is 127. The van der Waals surface area contributed by atoms with Gasteiger partial charge in [-0.2, -0.15) is 0 Å². The molecule has 0 N–H and O–H groups in total. The van der Waals surface area contributed by atoms with Crippen molar-refractivity contribution in [3.05, 3.63) is 0 Å². The van der Waals surface area contributed by atoms with E-state index < -0.39 is 0 Å². The molecule has 1 aliphatic heterocycles. The predicted octanol–water partition coefficient (Wildman–Crippen LogP) is 1.74. The third kappa shape index (κ3) is 0.778. The fraction of sp³-hybridized carbons (Fsp3) is 1.00. The Bertz CT molecular complexity index is 105. The van der Waals surface area contributed by atoms with E-state index in [0.29, 0.717) is 12.2 Å². The van der Waals surface area contributed by atoms with Crippen LogP contribution in [0.5, 0.6) is 0 Å². The van der Waals surface area contributed by atoms with Crippen LogP contribution in [0, 0.1) is 0 Å². The van der Waals surface area contributed by atoms with Crippen LogP contribution >= 0.6 is 22.6 Å². The number of fused-ring (bicyclic) bond motifs is 1. The van der Waals surface area contributed by atoms with E-state index in [0.717, 1.165) is 3.92 Å². The van der Waals surface area contributed by atoms with Gasteiger partial charge in [0.1, 0.15) is 0 Å². The molecule has 0 amide bonds. The van der Waals surface area contributed by atoms with Crippen molar-refractivity contribution < 1.29 is 4.74 Å². The van der Waals surface area contributed by atoms with Crippen LogP contribution < -0.4 is 0 Å². The highest BCUT2D eigenvalue weighted by Crippen LogP contribution is 2.40. The van der Waals surface area contributed by atoms with Crippen molar-refractivity contribution in [1.82, 2.24) is 0 Å². The molecule has 46 valence electrons. The molecule has 0 aromatic rings. The first-order valence-electron chi connectivity index (χ1n) is 3.17. The molecular formula is C6H9IO. The van der Waals surface area contributed by atoms with Crippen LogP contribution in [0.25, 0.3) is 0 Å². The van der Waals surface area contributed by atoms with Crippen molar-refractivity contribution in [3.8, 4) is 0 Å². The van der Waals surface area contributed by atoms with Crippen LogP contribution in [0.3, 0.4) is 0 Å². The van der Waals surface area contributed by atoms with Gasteiger partial charge in [0.2, 0.25) is 0 Å². The maximum atomic E-state index is 5.38. The predicted molar refractivity (Wildman–Crippen MR) is 40.3 cm³/mol. The van der Waals surface area contributed by atoms with Crippen LogP contribution in [-0.2, 0) is 4.74 Å². The highest BCUT2D eigenvalue weighted by Gasteiger charge is 2.45. The Morgan fingerprint density at radius 1 is 1.38 bits per heavy atom. The summed E-state index contributed by atoms with van der Waals surface area (Å²) in [6, 6.07) is 0. The molecule has 0 radical (unpaired) electrons. The second kappa shape index (κ2) is 1.84. The number of rotatable bonds is 0. The Hall–Kier alpha value is 0.690. The maximum Gasteiger partial charge on any atom is 0.0959 e. The van der Waals surface area contributed by atoms with E-state index in [1.807, 2.05) is 0 Å². The first kappa shape index (κ1) is 5.47. The third-order valence-electron chi connectivity index (χ3n) is 1.95. The molecule has 1 aliphatic carbocycles. The molecule has 0 spiro atoms. The Balaban J connectivity index is 1.99. The quantitative estimate of drug-likeness (QED) is 0.347. The summed E-state index contributed by atoms with van der Waals surface area (Å²) in [4.78, 5) is 0. The number of hydrogen-bond acceptors (Lipinski definition) is 1. The van der Waals surface area contributed by atoms with Crippen molar-refractivity contribution in [2.45, 2.75) is 35.4 Å². The lowest BCUT2D eigenvalue weighted by Gasteiger charge is -2.09. The molecule has 1 saturated carbocycles. The smallest absolute Gasteiger partial charge is 0.0959 e. The van der Waals surface area contributed by atoms with Crippen LogP contribution in [0.15, 0.2) is 0 Å². The standard InChI is InChI=1S/C6H9IO/c7-4-2-1-3-5-6(4)8-5/h4-6H,1-3H2. The van der Waals surface area contributed by atoms with Crippen LogP contribution in [0.4, 0.5) is 0 Å². The van der Waals surface area contributed by atoms with Gasteiger partial charge in [0.15, 0.2) is 0 Å². The molecule has 1 saturated heterocycles. The maximum absolute atomic E-state index is 5.38. The SMILES string of the molecule is IC1CCCC2OC12. The topological polar surface area (TPSA) is 12.5 Å². The summed E-state index contributed by atoms with van der Waals surface area (Å²) in [6.45, 7) is 0. The van der Waals surface area contributed by atoms with Gasteiger partial charge in [-0.3, -0.25) is 0 Å². The second-order valence-electron chi connectivity index (χ2n) is 2.59. The van der Waals surface area contributed by atoms with Crippen molar-refractivity contribution in [1.29, 1.82) is 0 Å². The largest absolute Gasteiger partial charge is 0.368 e. The summed E-state index contributed by atoms with van der Waals surface area (Å²) >= 11 is 2.50. The summed E-state index contributed by atoms with van der Waals surface area (Å²) in [5, 5.41) is 0. The number of ether oxygens (including phenoxy) is 1. The van der Waals surface area contributed by atoms with E-state index in [4.69, 9.17) is 4.74 Å². The molecule has 2 heteroatoms. The molecule has 0 aromatic carbocycles. The Morgan fingerprint density at radius 2 is 2.25 bits per heavy atom. The zero-order valence-corrected chi connectivity index (χ0v) is 6.80. The molecule has 3 atom stereocenters. The lowest BCUT2D eigenvalue weighted by molar-refractivity contribution is 0.376. The minimum atomic E-state index is 0.657. The Kier molecular flexibility index (Phi) is 1.26. The average Bonchev–Trinajstić information content (AvgIpc) is 2.45. The minimum absolute atomic E-state index is 0.657. The van der Waals surface area contributed by atoms with E-state index in [9.17, 15) is 0 Å². The normalized spacial score (nSPS) is 52.9. The van der Waals surface area contributed by atoms with Gasteiger partial charge in [-0.25, -0.2) is 0 Å². The lowest BCUT2D eigenvalue weighted by Crippen LogP contribution is -2.14. The first-order chi connectivity index (χ1) is 3.88. The first-order valence-corrected chi connectivity index (χ1v) is 4.42. The van der Waals surface area contributed by atoms with Gasteiger partial charge in [-0.05, 0) is 19.3 Å². The summed E-state index contributed by atoms with van der Waals surface area (Å²) < 4.78 is 6.21. The van der Waals surface area contributed by atoms with E-state index in [2.05, 4.69) is 22.6 Å². The highest BCUT2D eigenvalue weighted by molar-refractivity contribution is 14.1. The molecule has 8 heavy (non-hydrogen) atoms. The number of epoxide rings is 1. The fourth-order valence-corrected chi connectivity index (χ4v) is 2.46. The van der Waals surface area contributed by atoms with Gasteiger partial charge in [0.25, 0.3) is 0 Å². The molecule has 2 aliphatic rings. The number of halogens is 1. The second-order valence-corrected chi connectivity index (χ2v) is 4.19. The van der Waals surface area contributed by atoms with Crippen molar-refractivity contribution in [3.63, 3.8) is 0 Å². The summed E-state index contributed by atoms with van der Waals surface area (Å²) in [6.07, 6.45) is 5.41. The van der Waals surface area contributed by atoms with Gasteiger partial charge < -0.3 is 4.74 Å². The molecule has 2 fully saturated rings. The zero-order chi connectivity index (χ0) is 5.56. The summed E-state index contributed by atoms with van der Waals surface area (Å²) in [5.41, 5.74) is 0. The van der Waals surface area contributed by atoms with E-state index in [-0.39, 0.29) is 0 Å². The molecular weight excluding hydrogens is 215 g/mol. The monoisotopic (exact) mass is 224 g/mol. The van der Waals surface area contributed by atoms with E-state index >= 15 is 0 Å². The van der Waals surface area contributed by atoms with E-state index in [1.54, 1.807) is 0 Å². The molecule has 0 bridgehead atoms.